The highest BCUT2D eigenvalue weighted by molar-refractivity contribution is 5.75. The Kier molecular flexibility index (Phi) is 7.02. The lowest BCUT2D eigenvalue weighted by molar-refractivity contribution is 0.423. The summed E-state index contributed by atoms with van der Waals surface area (Å²) in [6, 6.07) is 0. The van der Waals surface area contributed by atoms with E-state index in [9.17, 15) is 0 Å². The quantitative estimate of drug-likeness (QED) is 0.430. The minimum absolute atomic E-state index is 0. The molecule has 3 rings (SSSR count). The van der Waals surface area contributed by atoms with Crippen LogP contribution in [0, 0.1) is 0 Å². The summed E-state index contributed by atoms with van der Waals surface area (Å²) in [5.41, 5.74) is 0. The standard InChI is InChI=1S/3C3H6O.Al/c3*1-3-2-4-3;/h3*3H,2H2,1H3;. The van der Waals surface area contributed by atoms with E-state index in [0.717, 1.165) is 19.8 Å². The Balaban J connectivity index is 0.000000160. The van der Waals surface area contributed by atoms with Gasteiger partial charge in [0.2, 0.25) is 0 Å². The zero-order chi connectivity index (χ0) is 8.97. The predicted octanol–water partition coefficient (Wildman–Crippen LogP) is 0.835. The first kappa shape index (κ1) is 13.4. The summed E-state index contributed by atoms with van der Waals surface area (Å²) < 4.78 is 14.1. The maximum Gasteiger partial charge on any atom is 0.0781 e. The van der Waals surface area contributed by atoms with Crippen LogP contribution in [0.3, 0.4) is 0 Å². The lowest BCUT2D eigenvalue weighted by atomic mass is 10.6. The fourth-order valence-corrected chi connectivity index (χ4v) is 0.289. The van der Waals surface area contributed by atoms with E-state index in [4.69, 9.17) is 14.2 Å². The molecule has 0 N–H and O–H groups in total. The van der Waals surface area contributed by atoms with Crippen LogP contribution >= 0.6 is 0 Å². The van der Waals surface area contributed by atoms with Crippen molar-refractivity contribution in [2.45, 2.75) is 39.1 Å². The van der Waals surface area contributed by atoms with Gasteiger partial charge < -0.3 is 14.2 Å². The minimum Gasteiger partial charge on any atom is -0.373 e. The lowest BCUT2D eigenvalue weighted by Crippen LogP contribution is -1.60. The summed E-state index contributed by atoms with van der Waals surface area (Å²) in [6.45, 7) is 9.12. The summed E-state index contributed by atoms with van der Waals surface area (Å²) in [7, 11) is 0. The van der Waals surface area contributed by atoms with Gasteiger partial charge in [0.05, 0.1) is 38.1 Å². The molecule has 3 saturated heterocycles. The van der Waals surface area contributed by atoms with Crippen molar-refractivity contribution in [1.29, 1.82) is 0 Å². The van der Waals surface area contributed by atoms with Crippen molar-refractivity contribution >= 4 is 17.4 Å². The smallest absolute Gasteiger partial charge is 0.0781 e. The maximum absolute atomic E-state index is 4.71. The van der Waals surface area contributed by atoms with Crippen molar-refractivity contribution in [3.63, 3.8) is 0 Å². The Hall–Kier alpha value is 0.412. The molecule has 0 aromatic rings. The van der Waals surface area contributed by atoms with Crippen molar-refractivity contribution in [3.8, 4) is 0 Å². The average molecular weight is 201 g/mol. The average Bonchev–Trinajstić information content (AvgIpc) is 2.63. The second-order valence-corrected chi connectivity index (χ2v) is 3.43. The monoisotopic (exact) mass is 201 g/mol. The van der Waals surface area contributed by atoms with Gasteiger partial charge in [-0.25, -0.2) is 0 Å². The summed E-state index contributed by atoms with van der Waals surface area (Å²) in [5.74, 6) is 0. The van der Waals surface area contributed by atoms with Crippen molar-refractivity contribution in [3.05, 3.63) is 0 Å². The van der Waals surface area contributed by atoms with E-state index in [-0.39, 0.29) is 17.4 Å². The number of rotatable bonds is 0. The molecule has 3 aliphatic heterocycles. The Bertz CT molecular complexity index is 96.3. The topological polar surface area (TPSA) is 37.6 Å². The van der Waals surface area contributed by atoms with E-state index in [1.165, 1.54) is 0 Å². The van der Waals surface area contributed by atoms with Crippen LogP contribution in [0.4, 0.5) is 0 Å². The van der Waals surface area contributed by atoms with Crippen LogP contribution in [-0.2, 0) is 14.2 Å². The molecule has 0 saturated carbocycles. The highest BCUT2D eigenvalue weighted by atomic mass is 27.0. The normalized spacial score (nSPS) is 36.7. The third-order valence-corrected chi connectivity index (χ3v) is 1.50. The molecule has 0 bridgehead atoms. The predicted molar refractivity (Wildman–Crippen MR) is 52.0 cm³/mol. The van der Waals surface area contributed by atoms with Gasteiger partial charge in [0.25, 0.3) is 0 Å². The van der Waals surface area contributed by atoms with Crippen molar-refractivity contribution in [1.82, 2.24) is 0 Å². The summed E-state index contributed by atoms with van der Waals surface area (Å²) in [6.07, 6.45) is 1.75. The molecule has 75 valence electrons. The van der Waals surface area contributed by atoms with Gasteiger partial charge in [-0.05, 0) is 20.8 Å². The molecule has 0 aromatic carbocycles. The van der Waals surface area contributed by atoms with Crippen LogP contribution in [0.1, 0.15) is 20.8 Å². The largest absolute Gasteiger partial charge is 0.373 e. The molecule has 0 aliphatic carbocycles. The van der Waals surface area contributed by atoms with Gasteiger partial charge in [0, 0.05) is 17.4 Å². The van der Waals surface area contributed by atoms with Crippen LogP contribution in [-0.4, -0.2) is 55.5 Å². The first-order valence-corrected chi connectivity index (χ1v) is 4.53. The van der Waals surface area contributed by atoms with Crippen LogP contribution < -0.4 is 0 Å². The fourth-order valence-electron chi connectivity index (χ4n) is 0.289. The fraction of sp³-hybridized carbons (Fsp3) is 1.00. The highest BCUT2D eigenvalue weighted by Crippen LogP contribution is 2.04. The second-order valence-electron chi connectivity index (χ2n) is 3.43. The number of hydrogen-bond donors (Lipinski definition) is 0. The van der Waals surface area contributed by atoms with Crippen LogP contribution in [0.2, 0.25) is 0 Å². The summed E-state index contributed by atoms with van der Waals surface area (Å²) >= 11 is 0. The van der Waals surface area contributed by atoms with Crippen molar-refractivity contribution in [2.24, 2.45) is 0 Å². The SMILES string of the molecule is CC1CO1.CC1CO1.CC1CO1.[Al]. The zero-order valence-corrected chi connectivity index (χ0v) is 9.81. The molecule has 0 aromatic heterocycles. The Morgan fingerprint density at radius 2 is 0.769 bits per heavy atom. The van der Waals surface area contributed by atoms with Crippen LogP contribution in [0.25, 0.3) is 0 Å². The highest BCUT2D eigenvalue weighted by Gasteiger charge is 2.13. The Morgan fingerprint density at radius 1 is 0.692 bits per heavy atom. The van der Waals surface area contributed by atoms with E-state index in [0.29, 0.717) is 18.3 Å². The van der Waals surface area contributed by atoms with Gasteiger partial charge in [-0.3, -0.25) is 0 Å². The molecule has 3 fully saturated rings. The van der Waals surface area contributed by atoms with Gasteiger partial charge >= 0.3 is 0 Å². The molecule has 3 heterocycles. The molecule has 3 atom stereocenters. The van der Waals surface area contributed by atoms with Crippen molar-refractivity contribution < 1.29 is 14.2 Å². The molecule has 13 heavy (non-hydrogen) atoms. The molecule has 4 heteroatoms. The van der Waals surface area contributed by atoms with Crippen LogP contribution in [0.5, 0.6) is 0 Å². The lowest BCUT2D eigenvalue weighted by Gasteiger charge is -1.51. The van der Waals surface area contributed by atoms with Gasteiger partial charge in [-0.15, -0.1) is 0 Å². The zero-order valence-electron chi connectivity index (χ0n) is 8.66. The Morgan fingerprint density at radius 3 is 0.769 bits per heavy atom. The molecule has 3 nitrogen and oxygen atoms in total. The molecule has 3 radical (unpaired) electrons. The first-order valence-electron chi connectivity index (χ1n) is 4.53. The van der Waals surface area contributed by atoms with Gasteiger partial charge in [-0.1, -0.05) is 0 Å². The van der Waals surface area contributed by atoms with E-state index >= 15 is 0 Å². The summed E-state index contributed by atoms with van der Waals surface area (Å²) in [4.78, 5) is 0. The van der Waals surface area contributed by atoms with Gasteiger partial charge in [0.15, 0.2) is 0 Å². The number of epoxide rings is 3. The first-order chi connectivity index (χ1) is 5.68. The minimum atomic E-state index is 0. The molecular weight excluding hydrogens is 183 g/mol. The molecule has 3 unspecified atom stereocenters. The second kappa shape index (κ2) is 6.81. The van der Waals surface area contributed by atoms with Crippen molar-refractivity contribution in [2.75, 3.05) is 19.8 Å². The maximum atomic E-state index is 4.71. The van der Waals surface area contributed by atoms with E-state index in [1.54, 1.807) is 0 Å². The molecule has 0 amide bonds. The summed E-state index contributed by atoms with van der Waals surface area (Å²) in [5, 5.41) is 0. The molecule has 0 spiro atoms. The van der Waals surface area contributed by atoms with Gasteiger partial charge in [0.1, 0.15) is 0 Å². The van der Waals surface area contributed by atoms with Gasteiger partial charge in [-0.2, -0.15) is 0 Å². The molecular formula is C9H18AlO3. The van der Waals surface area contributed by atoms with E-state index in [1.807, 2.05) is 0 Å². The third kappa shape index (κ3) is 15.2. The van der Waals surface area contributed by atoms with E-state index in [2.05, 4.69) is 20.8 Å². The Labute approximate surface area is 90.9 Å². The number of ether oxygens (including phenoxy) is 3. The van der Waals surface area contributed by atoms with E-state index < -0.39 is 0 Å². The number of hydrogen-bond acceptors (Lipinski definition) is 3. The molecule has 3 aliphatic rings. The third-order valence-electron chi connectivity index (χ3n) is 1.50. The van der Waals surface area contributed by atoms with Crippen LogP contribution in [0.15, 0.2) is 0 Å².